The number of nitrogens with zero attached hydrogens (tertiary/aromatic N) is 1. The number of halogens is 3. The van der Waals surface area contributed by atoms with Crippen LogP contribution in [0, 0.1) is 28.9 Å². The lowest BCUT2D eigenvalue weighted by Gasteiger charge is -2.26. The predicted octanol–water partition coefficient (Wildman–Crippen LogP) is 4.74. The summed E-state index contributed by atoms with van der Waals surface area (Å²) in [5, 5.41) is 26.9. The summed E-state index contributed by atoms with van der Waals surface area (Å²) in [5.74, 6) is -3.17. The van der Waals surface area contributed by atoms with E-state index in [1.807, 2.05) is 24.3 Å². The van der Waals surface area contributed by atoms with Crippen LogP contribution < -0.4 is 10.6 Å². The Balaban J connectivity index is 1.72. The van der Waals surface area contributed by atoms with Gasteiger partial charge in [-0.2, -0.15) is 5.26 Å². The maximum absolute atomic E-state index is 13.8. The highest BCUT2D eigenvalue weighted by Crippen LogP contribution is 2.19. The maximum Gasteiger partial charge on any atom is 0.238 e. The first-order valence-corrected chi connectivity index (χ1v) is 12.5. The van der Waals surface area contributed by atoms with Gasteiger partial charge in [0.1, 0.15) is 17.6 Å². The van der Waals surface area contributed by atoms with E-state index in [0.717, 1.165) is 30.2 Å². The van der Waals surface area contributed by atoms with Crippen molar-refractivity contribution < 1.29 is 18.7 Å². The van der Waals surface area contributed by atoms with Crippen LogP contribution in [0.5, 0.6) is 0 Å². The molecule has 8 heteroatoms. The van der Waals surface area contributed by atoms with Gasteiger partial charge in [0, 0.05) is 24.2 Å². The van der Waals surface area contributed by atoms with Gasteiger partial charge in [0.05, 0.1) is 18.2 Å². The van der Waals surface area contributed by atoms with Crippen molar-refractivity contribution >= 4 is 17.5 Å². The molecule has 3 unspecified atom stereocenters. The summed E-state index contributed by atoms with van der Waals surface area (Å²) in [6.07, 6.45) is -0.128. The third kappa shape index (κ3) is 8.64. The average Bonchev–Trinajstić information content (AvgIpc) is 2.87. The molecule has 0 saturated heterocycles. The van der Waals surface area contributed by atoms with Crippen LogP contribution in [0.15, 0.2) is 66.7 Å². The average molecular weight is 526 g/mol. The van der Waals surface area contributed by atoms with Gasteiger partial charge in [-0.1, -0.05) is 61.0 Å². The number of aliphatic hydroxyl groups is 1. The zero-order valence-corrected chi connectivity index (χ0v) is 21.3. The number of aliphatic hydroxyl groups excluding tert-OH is 1. The number of hydrogen-bond donors (Lipinski definition) is 3. The number of carbonyl (C=O) groups is 1. The number of hydrogen-bond acceptors (Lipinski definition) is 4. The van der Waals surface area contributed by atoms with Crippen LogP contribution in [0.1, 0.15) is 29.2 Å². The smallest absolute Gasteiger partial charge is 0.238 e. The summed E-state index contributed by atoms with van der Waals surface area (Å²) >= 11 is 6.19. The fourth-order valence-electron chi connectivity index (χ4n) is 4.10. The molecule has 194 valence electrons. The molecule has 0 aliphatic carbocycles. The number of rotatable bonds is 12. The summed E-state index contributed by atoms with van der Waals surface area (Å²) in [6, 6.07) is 19.1. The second-order valence-corrected chi connectivity index (χ2v) is 9.35. The standard InChI is InChI=1S/C29H30ClF2N3O2/c1-2-19-6-5-7-20(10-19)17-34-18-28(36)27(13-21-11-24(31)15-25(32)12-21)35-29(37)23(16-33)14-22-8-3-4-9-26(22)30/h3-12,15,23,27-28,34,36H,2,13-14,17-18H2,1H3,(H,35,37). The van der Waals surface area contributed by atoms with E-state index >= 15 is 0 Å². The number of nitrogens with one attached hydrogen (secondary N) is 2. The molecule has 3 atom stereocenters. The molecule has 0 aliphatic rings. The molecule has 0 radical (unpaired) electrons. The highest BCUT2D eigenvalue weighted by atomic mass is 35.5. The fraction of sp³-hybridized carbons (Fsp3) is 0.310. The van der Waals surface area contributed by atoms with Gasteiger partial charge in [-0.3, -0.25) is 4.79 Å². The molecule has 3 N–H and O–H groups in total. The molecule has 1 amide bonds. The Morgan fingerprint density at radius 3 is 2.38 bits per heavy atom. The minimum absolute atomic E-state index is 0.0289. The van der Waals surface area contributed by atoms with Crippen molar-refractivity contribution in [2.75, 3.05) is 6.54 Å². The molecule has 3 aromatic rings. The molecule has 0 aromatic heterocycles. The van der Waals surface area contributed by atoms with Crippen LogP contribution in [0.25, 0.3) is 0 Å². The number of nitriles is 1. The number of benzene rings is 3. The predicted molar refractivity (Wildman–Crippen MR) is 140 cm³/mol. The fourth-order valence-corrected chi connectivity index (χ4v) is 4.31. The first-order valence-electron chi connectivity index (χ1n) is 12.1. The molecule has 37 heavy (non-hydrogen) atoms. The number of aryl methyl sites for hydroxylation is 1. The topological polar surface area (TPSA) is 85.2 Å². The minimum atomic E-state index is -1.09. The lowest BCUT2D eigenvalue weighted by molar-refractivity contribution is -0.124. The normalized spacial score (nSPS) is 13.4. The van der Waals surface area contributed by atoms with Crippen LogP contribution in [-0.2, 0) is 30.6 Å². The van der Waals surface area contributed by atoms with Crippen LogP contribution >= 0.6 is 11.6 Å². The van der Waals surface area contributed by atoms with Gasteiger partial charge in [0.15, 0.2) is 0 Å². The molecule has 3 rings (SSSR count). The van der Waals surface area contributed by atoms with Crippen molar-refractivity contribution in [1.29, 1.82) is 5.26 Å². The third-order valence-corrected chi connectivity index (χ3v) is 6.48. The van der Waals surface area contributed by atoms with Gasteiger partial charge >= 0.3 is 0 Å². The Hall–Kier alpha value is -3.31. The van der Waals surface area contributed by atoms with Crippen molar-refractivity contribution in [1.82, 2.24) is 10.6 Å². The highest BCUT2D eigenvalue weighted by Gasteiger charge is 2.27. The summed E-state index contributed by atoms with van der Waals surface area (Å²) in [4.78, 5) is 13.0. The molecular formula is C29H30ClF2N3O2. The van der Waals surface area contributed by atoms with Crippen molar-refractivity contribution in [3.05, 3.63) is 106 Å². The largest absolute Gasteiger partial charge is 0.390 e. The van der Waals surface area contributed by atoms with E-state index < -0.39 is 35.6 Å². The molecule has 0 fully saturated rings. The van der Waals surface area contributed by atoms with Gasteiger partial charge in [0.25, 0.3) is 0 Å². The SMILES string of the molecule is CCc1cccc(CNCC(O)C(Cc2cc(F)cc(F)c2)NC(=O)C(C#N)Cc2ccccc2Cl)c1. The lowest BCUT2D eigenvalue weighted by Crippen LogP contribution is -2.50. The zero-order chi connectivity index (χ0) is 26.8. The molecule has 0 aliphatic heterocycles. The first kappa shape index (κ1) is 28.3. The van der Waals surface area contributed by atoms with Gasteiger partial charge in [-0.15, -0.1) is 0 Å². The molecule has 0 spiro atoms. The molecular weight excluding hydrogens is 496 g/mol. The molecule has 0 heterocycles. The Morgan fingerprint density at radius 1 is 1.00 bits per heavy atom. The van der Waals surface area contributed by atoms with E-state index in [4.69, 9.17) is 11.6 Å². The van der Waals surface area contributed by atoms with Gasteiger partial charge in [-0.05, 0) is 59.7 Å². The maximum atomic E-state index is 13.8. The second-order valence-electron chi connectivity index (χ2n) is 8.95. The second kappa shape index (κ2) is 13.8. The van der Waals surface area contributed by atoms with Crippen LogP contribution in [0.3, 0.4) is 0 Å². The van der Waals surface area contributed by atoms with Crippen molar-refractivity contribution in [3.8, 4) is 6.07 Å². The Kier molecular flexibility index (Phi) is 10.6. The third-order valence-electron chi connectivity index (χ3n) is 6.11. The van der Waals surface area contributed by atoms with Crippen molar-refractivity contribution in [2.45, 2.75) is 44.9 Å². The zero-order valence-electron chi connectivity index (χ0n) is 20.6. The van der Waals surface area contributed by atoms with E-state index in [0.29, 0.717) is 17.1 Å². The Bertz CT molecular complexity index is 1230. The van der Waals surface area contributed by atoms with Crippen LogP contribution in [0.4, 0.5) is 8.78 Å². The van der Waals surface area contributed by atoms with E-state index in [1.54, 1.807) is 24.3 Å². The van der Waals surface area contributed by atoms with E-state index in [-0.39, 0.29) is 24.9 Å². The quantitative estimate of drug-likeness (QED) is 0.319. The summed E-state index contributed by atoms with van der Waals surface area (Å²) < 4.78 is 27.6. The van der Waals surface area contributed by atoms with E-state index in [9.17, 15) is 23.9 Å². The molecule has 5 nitrogen and oxygen atoms in total. The van der Waals surface area contributed by atoms with Crippen LogP contribution in [0.2, 0.25) is 5.02 Å². The van der Waals surface area contributed by atoms with E-state index in [1.165, 1.54) is 5.56 Å². The van der Waals surface area contributed by atoms with Gasteiger partial charge < -0.3 is 15.7 Å². The Labute approximate surface area is 221 Å². The summed E-state index contributed by atoms with van der Waals surface area (Å²) in [5.41, 5.74) is 3.16. The lowest BCUT2D eigenvalue weighted by atomic mass is 9.96. The first-order chi connectivity index (χ1) is 17.8. The summed E-state index contributed by atoms with van der Waals surface area (Å²) in [6.45, 7) is 2.67. The molecule has 0 saturated carbocycles. The van der Waals surface area contributed by atoms with E-state index in [2.05, 4.69) is 23.6 Å². The Morgan fingerprint density at radius 2 is 1.70 bits per heavy atom. The van der Waals surface area contributed by atoms with Crippen molar-refractivity contribution in [2.24, 2.45) is 5.92 Å². The molecule has 3 aromatic carbocycles. The van der Waals surface area contributed by atoms with Gasteiger partial charge in [-0.25, -0.2) is 8.78 Å². The minimum Gasteiger partial charge on any atom is -0.390 e. The highest BCUT2D eigenvalue weighted by molar-refractivity contribution is 6.31. The monoisotopic (exact) mass is 525 g/mol. The molecule has 0 bridgehead atoms. The van der Waals surface area contributed by atoms with Crippen molar-refractivity contribution in [3.63, 3.8) is 0 Å². The summed E-state index contributed by atoms with van der Waals surface area (Å²) in [7, 11) is 0. The van der Waals surface area contributed by atoms with Gasteiger partial charge in [0.2, 0.25) is 5.91 Å². The number of amides is 1. The van der Waals surface area contributed by atoms with Crippen LogP contribution in [-0.4, -0.2) is 29.7 Å². The number of carbonyl (C=O) groups excluding carboxylic acids is 1.